The summed E-state index contributed by atoms with van der Waals surface area (Å²) in [5.74, 6) is -0.991. The number of unbranched alkanes of at least 4 members (excludes halogenated alkanes) is 36. The Balaban J connectivity index is 4.13. The summed E-state index contributed by atoms with van der Waals surface area (Å²) < 4.78 is 16.8. The maximum Gasteiger partial charge on any atom is 0.306 e. The molecule has 0 fully saturated rings. The molecule has 1 unspecified atom stereocenters. The van der Waals surface area contributed by atoms with Gasteiger partial charge in [-0.15, -0.1) is 0 Å². The Morgan fingerprint density at radius 3 is 0.910 bits per heavy atom. The van der Waals surface area contributed by atoms with E-state index in [4.69, 9.17) is 14.2 Å². The molecule has 0 rings (SSSR count). The summed E-state index contributed by atoms with van der Waals surface area (Å²) in [5.41, 5.74) is 0. The minimum absolute atomic E-state index is 0.102. The van der Waals surface area contributed by atoms with Crippen LogP contribution < -0.4 is 0 Å². The summed E-state index contributed by atoms with van der Waals surface area (Å²) in [7, 11) is 0. The molecule has 0 aromatic carbocycles. The van der Waals surface area contributed by atoms with Crippen molar-refractivity contribution >= 4 is 17.9 Å². The van der Waals surface area contributed by atoms with Gasteiger partial charge in [0.2, 0.25) is 0 Å². The number of carbonyl (C=O) groups is 3. The standard InChI is InChI=1S/C72H126O6/c1-4-7-10-13-16-19-22-25-27-28-29-30-31-32-33-34-35-36-37-38-39-40-41-42-43-44-45-48-50-53-56-59-62-65-71(74)77-68-69(67-76-70(73)64-61-58-55-52-49-46-24-21-18-15-12-9-6-3)78-72(75)66-63-60-57-54-51-47-26-23-20-17-14-11-8-5-2/h9,12,14,17-18,21,23,26,28-29,46,49,55,58,69H,4-8,10-11,13,15-16,19-20,22,24-25,27,30-45,47-48,50-54,56-57,59-68H2,1-3H3/b12-9-,17-14-,21-18-,26-23-,29-28-,49-46-,58-55-. The van der Waals surface area contributed by atoms with E-state index in [0.717, 1.165) is 89.9 Å². The quantitative estimate of drug-likeness (QED) is 0.0261. The van der Waals surface area contributed by atoms with E-state index in [-0.39, 0.29) is 37.5 Å². The molecule has 0 saturated heterocycles. The van der Waals surface area contributed by atoms with Gasteiger partial charge < -0.3 is 14.2 Å². The molecule has 0 aliphatic heterocycles. The topological polar surface area (TPSA) is 78.9 Å². The van der Waals surface area contributed by atoms with Crippen LogP contribution in [0.25, 0.3) is 0 Å². The third-order valence-electron chi connectivity index (χ3n) is 14.6. The second kappa shape index (κ2) is 66.1. The Hall–Kier alpha value is -3.41. The fourth-order valence-corrected chi connectivity index (χ4v) is 9.59. The minimum atomic E-state index is -0.812. The second-order valence-electron chi connectivity index (χ2n) is 22.3. The van der Waals surface area contributed by atoms with Gasteiger partial charge >= 0.3 is 17.9 Å². The zero-order chi connectivity index (χ0) is 56.4. The molecule has 0 aromatic rings. The monoisotopic (exact) mass is 1090 g/mol. The summed E-state index contributed by atoms with van der Waals surface area (Å²) in [5, 5.41) is 0. The molecule has 6 nitrogen and oxygen atoms in total. The van der Waals surface area contributed by atoms with Gasteiger partial charge in [0.25, 0.3) is 0 Å². The maximum absolute atomic E-state index is 12.9. The van der Waals surface area contributed by atoms with Crippen LogP contribution in [0.5, 0.6) is 0 Å². The molecular weight excluding hydrogens is 961 g/mol. The molecule has 1 atom stereocenters. The van der Waals surface area contributed by atoms with Crippen LogP contribution in [0.3, 0.4) is 0 Å². The van der Waals surface area contributed by atoms with Crippen LogP contribution in [0.4, 0.5) is 0 Å². The third kappa shape index (κ3) is 63.4. The first-order valence-corrected chi connectivity index (χ1v) is 33.6. The maximum atomic E-state index is 12.9. The number of hydrogen-bond acceptors (Lipinski definition) is 6. The van der Waals surface area contributed by atoms with Gasteiger partial charge in [0.05, 0.1) is 0 Å². The predicted molar refractivity (Wildman–Crippen MR) is 339 cm³/mol. The van der Waals surface area contributed by atoms with Gasteiger partial charge in [0, 0.05) is 19.3 Å². The van der Waals surface area contributed by atoms with Crippen LogP contribution in [-0.4, -0.2) is 37.2 Å². The number of hydrogen-bond donors (Lipinski definition) is 0. The molecule has 78 heavy (non-hydrogen) atoms. The van der Waals surface area contributed by atoms with E-state index >= 15 is 0 Å². The molecule has 0 N–H and O–H groups in total. The molecule has 0 radical (unpaired) electrons. The average Bonchev–Trinajstić information content (AvgIpc) is 3.44. The molecule has 0 aliphatic rings. The molecular formula is C72H126O6. The van der Waals surface area contributed by atoms with Crippen molar-refractivity contribution in [1.82, 2.24) is 0 Å². The Bertz CT molecular complexity index is 1480. The van der Waals surface area contributed by atoms with Crippen molar-refractivity contribution in [2.75, 3.05) is 13.2 Å². The van der Waals surface area contributed by atoms with Crippen LogP contribution in [0.1, 0.15) is 335 Å². The summed E-state index contributed by atoms with van der Waals surface area (Å²) in [6.07, 6.45) is 87.9. The van der Waals surface area contributed by atoms with Gasteiger partial charge in [-0.05, 0) is 96.3 Å². The molecule has 0 saturated carbocycles. The molecule has 0 bridgehead atoms. The number of esters is 3. The van der Waals surface area contributed by atoms with E-state index in [0.29, 0.717) is 19.3 Å². The summed E-state index contributed by atoms with van der Waals surface area (Å²) in [6, 6.07) is 0. The van der Waals surface area contributed by atoms with Gasteiger partial charge in [-0.3, -0.25) is 14.4 Å². The van der Waals surface area contributed by atoms with Gasteiger partial charge in [-0.2, -0.15) is 0 Å². The number of allylic oxidation sites excluding steroid dienone is 14. The van der Waals surface area contributed by atoms with Crippen LogP contribution in [0.2, 0.25) is 0 Å². The van der Waals surface area contributed by atoms with E-state index < -0.39 is 6.10 Å². The van der Waals surface area contributed by atoms with Gasteiger partial charge in [0.1, 0.15) is 13.2 Å². The van der Waals surface area contributed by atoms with E-state index in [9.17, 15) is 14.4 Å². The lowest BCUT2D eigenvalue weighted by molar-refractivity contribution is -0.166. The lowest BCUT2D eigenvalue weighted by atomic mass is 10.0. The van der Waals surface area contributed by atoms with E-state index in [1.54, 1.807) is 0 Å². The Kier molecular flexibility index (Phi) is 63.2. The second-order valence-corrected chi connectivity index (χ2v) is 22.3. The summed E-state index contributed by atoms with van der Waals surface area (Å²) in [4.78, 5) is 38.2. The first kappa shape index (κ1) is 74.6. The van der Waals surface area contributed by atoms with Crippen molar-refractivity contribution < 1.29 is 28.6 Å². The zero-order valence-corrected chi connectivity index (χ0v) is 51.7. The molecule has 0 spiro atoms. The van der Waals surface area contributed by atoms with Gasteiger partial charge in [-0.25, -0.2) is 0 Å². The Labute approximate surface area is 484 Å². The third-order valence-corrected chi connectivity index (χ3v) is 14.6. The van der Waals surface area contributed by atoms with Crippen molar-refractivity contribution in [2.24, 2.45) is 0 Å². The van der Waals surface area contributed by atoms with Crippen LogP contribution in [0.15, 0.2) is 85.1 Å². The lowest BCUT2D eigenvalue weighted by Crippen LogP contribution is -2.30. The number of carbonyl (C=O) groups excluding carboxylic acids is 3. The molecule has 0 amide bonds. The number of rotatable bonds is 61. The molecule has 6 heteroatoms. The Morgan fingerprint density at radius 2 is 0.538 bits per heavy atom. The highest BCUT2D eigenvalue weighted by molar-refractivity contribution is 5.71. The fraction of sp³-hybridized carbons (Fsp3) is 0.764. The highest BCUT2D eigenvalue weighted by Crippen LogP contribution is 2.17. The summed E-state index contributed by atoms with van der Waals surface area (Å²) in [6.45, 7) is 6.44. The van der Waals surface area contributed by atoms with Crippen LogP contribution >= 0.6 is 0 Å². The van der Waals surface area contributed by atoms with Crippen molar-refractivity contribution in [3.63, 3.8) is 0 Å². The molecule has 0 aromatic heterocycles. The lowest BCUT2D eigenvalue weighted by Gasteiger charge is -2.18. The van der Waals surface area contributed by atoms with Crippen LogP contribution in [0, 0.1) is 0 Å². The number of ether oxygens (including phenoxy) is 3. The summed E-state index contributed by atoms with van der Waals surface area (Å²) >= 11 is 0. The van der Waals surface area contributed by atoms with E-state index in [1.165, 1.54) is 199 Å². The SMILES string of the molecule is CC/C=C\C/C=C\C/C=C\C/C=C\CCC(=O)OCC(COC(=O)CCCCCCCCCCCCCCCCCCCCCCC/C=C\CCCCCCCCCC)OC(=O)CCCCCCC/C=C\C/C=C\CCCC. The van der Waals surface area contributed by atoms with Crippen molar-refractivity contribution in [3.05, 3.63) is 85.1 Å². The van der Waals surface area contributed by atoms with E-state index in [1.807, 2.05) is 6.08 Å². The fourth-order valence-electron chi connectivity index (χ4n) is 9.59. The predicted octanol–water partition coefficient (Wildman–Crippen LogP) is 23.1. The van der Waals surface area contributed by atoms with Gasteiger partial charge in [0.15, 0.2) is 6.10 Å². The van der Waals surface area contributed by atoms with Crippen molar-refractivity contribution in [3.8, 4) is 0 Å². The average molecular weight is 1090 g/mol. The normalized spacial score (nSPS) is 12.6. The first-order chi connectivity index (χ1) is 38.5. The first-order valence-electron chi connectivity index (χ1n) is 33.6. The van der Waals surface area contributed by atoms with Crippen molar-refractivity contribution in [1.29, 1.82) is 0 Å². The highest BCUT2D eigenvalue weighted by Gasteiger charge is 2.19. The largest absolute Gasteiger partial charge is 0.462 e. The Morgan fingerprint density at radius 1 is 0.269 bits per heavy atom. The highest BCUT2D eigenvalue weighted by atomic mass is 16.6. The smallest absolute Gasteiger partial charge is 0.306 e. The van der Waals surface area contributed by atoms with E-state index in [2.05, 4.69) is 99.8 Å². The molecule has 0 aliphatic carbocycles. The van der Waals surface area contributed by atoms with Gasteiger partial charge in [-0.1, -0.05) is 305 Å². The zero-order valence-electron chi connectivity index (χ0n) is 51.7. The molecule has 0 heterocycles. The molecule has 450 valence electrons. The minimum Gasteiger partial charge on any atom is -0.462 e. The van der Waals surface area contributed by atoms with Crippen LogP contribution in [-0.2, 0) is 28.6 Å². The van der Waals surface area contributed by atoms with Crippen molar-refractivity contribution in [2.45, 2.75) is 341 Å².